The lowest BCUT2D eigenvalue weighted by molar-refractivity contribution is 0.656. The topological polar surface area (TPSA) is 52.1 Å². The fourth-order valence-electron chi connectivity index (χ4n) is 6.96. The molecule has 0 unspecified atom stereocenters. The van der Waals surface area contributed by atoms with Crippen LogP contribution in [0.2, 0.25) is 0 Å². The van der Waals surface area contributed by atoms with Crippen molar-refractivity contribution in [3.63, 3.8) is 0 Å². The molecule has 10 aromatic rings. The van der Waals surface area contributed by atoms with Crippen LogP contribution in [-0.4, -0.2) is 9.97 Å². The van der Waals surface area contributed by atoms with Crippen LogP contribution < -0.4 is 0 Å². The molecule has 0 fully saturated rings. The van der Waals surface area contributed by atoms with Gasteiger partial charge in [0, 0.05) is 44.3 Å². The minimum atomic E-state index is 0.700. The van der Waals surface area contributed by atoms with E-state index in [0.717, 1.165) is 88.6 Å². The monoisotopic (exact) mass is 640 g/mol. The van der Waals surface area contributed by atoms with Crippen molar-refractivity contribution < 1.29 is 8.83 Å². The average Bonchev–Trinajstić information content (AvgIpc) is 3.74. The highest BCUT2D eigenvalue weighted by atomic mass is 16.3. The molecule has 0 atom stereocenters. The molecule has 7 aromatic carbocycles. The summed E-state index contributed by atoms with van der Waals surface area (Å²) in [6.07, 6.45) is 0. The van der Waals surface area contributed by atoms with E-state index in [4.69, 9.17) is 18.8 Å². The average molecular weight is 641 g/mol. The van der Waals surface area contributed by atoms with Crippen molar-refractivity contribution in [1.29, 1.82) is 0 Å². The summed E-state index contributed by atoms with van der Waals surface area (Å²) < 4.78 is 12.8. The van der Waals surface area contributed by atoms with Crippen LogP contribution in [0.25, 0.3) is 100 Å². The smallest absolute Gasteiger partial charge is 0.160 e. The van der Waals surface area contributed by atoms with Crippen LogP contribution in [0.4, 0.5) is 0 Å². The molecule has 0 saturated carbocycles. The van der Waals surface area contributed by atoms with Crippen LogP contribution in [0.15, 0.2) is 179 Å². The fraction of sp³-hybridized carbons (Fsp3) is 0. The molecule has 0 saturated heterocycles. The molecule has 0 aliphatic carbocycles. The van der Waals surface area contributed by atoms with E-state index in [2.05, 4.69) is 109 Å². The Bertz CT molecular complexity index is 2800. The molecule has 0 N–H and O–H groups in total. The number of aromatic nitrogens is 2. The van der Waals surface area contributed by atoms with Gasteiger partial charge in [0.15, 0.2) is 5.82 Å². The maximum absolute atomic E-state index is 6.48. The number of fused-ring (bicyclic) bond motifs is 6. The van der Waals surface area contributed by atoms with Crippen molar-refractivity contribution in [1.82, 2.24) is 9.97 Å². The van der Waals surface area contributed by atoms with Gasteiger partial charge in [0.1, 0.15) is 22.3 Å². The number of furan rings is 2. The second kappa shape index (κ2) is 11.4. The van der Waals surface area contributed by atoms with Gasteiger partial charge in [0.05, 0.1) is 11.4 Å². The van der Waals surface area contributed by atoms with Crippen LogP contribution >= 0.6 is 0 Å². The summed E-state index contributed by atoms with van der Waals surface area (Å²) in [7, 11) is 0. The summed E-state index contributed by atoms with van der Waals surface area (Å²) in [6, 6.07) is 58.5. The first-order valence-corrected chi connectivity index (χ1v) is 16.7. The van der Waals surface area contributed by atoms with Crippen LogP contribution in [-0.2, 0) is 0 Å². The molecular formula is C46H28N2O2. The predicted octanol–water partition coefficient (Wildman–Crippen LogP) is 12.6. The Balaban J connectivity index is 1.04. The van der Waals surface area contributed by atoms with E-state index >= 15 is 0 Å². The van der Waals surface area contributed by atoms with Gasteiger partial charge in [-0.3, -0.25) is 0 Å². The zero-order valence-corrected chi connectivity index (χ0v) is 26.9. The van der Waals surface area contributed by atoms with Gasteiger partial charge < -0.3 is 8.83 Å². The zero-order chi connectivity index (χ0) is 33.0. The van der Waals surface area contributed by atoms with Crippen LogP contribution in [0.5, 0.6) is 0 Å². The van der Waals surface area contributed by atoms with E-state index in [0.29, 0.717) is 5.82 Å². The third-order valence-electron chi connectivity index (χ3n) is 9.49. The molecule has 3 aromatic heterocycles. The van der Waals surface area contributed by atoms with Crippen molar-refractivity contribution in [2.75, 3.05) is 0 Å². The van der Waals surface area contributed by atoms with Gasteiger partial charge in [-0.2, -0.15) is 0 Å². The molecule has 4 nitrogen and oxygen atoms in total. The minimum absolute atomic E-state index is 0.700. The molecule has 0 bridgehead atoms. The fourth-order valence-corrected chi connectivity index (χ4v) is 6.96. The zero-order valence-electron chi connectivity index (χ0n) is 26.9. The number of rotatable bonds is 5. The Labute approximate surface area is 287 Å². The molecule has 10 rings (SSSR count). The van der Waals surface area contributed by atoms with E-state index in [9.17, 15) is 0 Å². The molecule has 0 radical (unpaired) electrons. The summed E-state index contributed by atoms with van der Waals surface area (Å²) in [5.41, 5.74) is 12.6. The Morgan fingerprint density at radius 3 is 1.36 bits per heavy atom. The van der Waals surface area contributed by atoms with Crippen molar-refractivity contribution in [2.45, 2.75) is 0 Å². The third kappa shape index (κ3) is 4.85. The normalized spacial score (nSPS) is 11.6. The number of nitrogens with zero attached hydrogens (tertiary/aromatic N) is 2. The summed E-state index contributed by atoms with van der Waals surface area (Å²) >= 11 is 0. The second-order valence-corrected chi connectivity index (χ2v) is 12.6. The van der Waals surface area contributed by atoms with E-state index in [1.54, 1.807) is 0 Å². The molecular weight excluding hydrogens is 613 g/mol. The maximum Gasteiger partial charge on any atom is 0.160 e. The van der Waals surface area contributed by atoms with Crippen molar-refractivity contribution in [3.8, 4) is 56.2 Å². The van der Waals surface area contributed by atoms with Gasteiger partial charge in [0.25, 0.3) is 0 Å². The van der Waals surface area contributed by atoms with Gasteiger partial charge in [-0.05, 0) is 64.7 Å². The van der Waals surface area contributed by atoms with Crippen molar-refractivity contribution in [3.05, 3.63) is 170 Å². The largest absolute Gasteiger partial charge is 0.456 e. The summed E-state index contributed by atoms with van der Waals surface area (Å²) in [4.78, 5) is 9.99. The van der Waals surface area contributed by atoms with Crippen LogP contribution in [0.3, 0.4) is 0 Å². The first-order valence-electron chi connectivity index (χ1n) is 16.7. The molecule has 0 aliphatic rings. The van der Waals surface area contributed by atoms with E-state index in [-0.39, 0.29) is 0 Å². The van der Waals surface area contributed by atoms with Crippen LogP contribution in [0.1, 0.15) is 0 Å². The Hall–Kier alpha value is -6.78. The van der Waals surface area contributed by atoms with Crippen molar-refractivity contribution >= 4 is 43.9 Å². The maximum atomic E-state index is 6.48. The van der Waals surface area contributed by atoms with Gasteiger partial charge in [-0.25, -0.2) is 9.97 Å². The molecule has 0 spiro atoms. The van der Waals surface area contributed by atoms with Gasteiger partial charge in [-0.1, -0.05) is 121 Å². The Morgan fingerprint density at radius 2 is 0.740 bits per heavy atom. The lowest BCUT2D eigenvalue weighted by atomic mass is 9.99. The molecule has 234 valence electrons. The van der Waals surface area contributed by atoms with E-state index in [1.807, 2.05) is 60.7 Å². The van der Waals surface area contributed by atoms with Crippen LogP contribution in [0, 0.1) is 0 Å². The summed E-state index contributed by atoms with van der Waals surface area (Å²) in [5, 5.41) is 4.33. The molecule has 4 heteroatoms. The van der Waals surface area contributed by atoms with Gasteiger partial charge in [0.2, 0.25) is 0 Å². The first-order chi connectivity index (χ1) is 24.7. The number of hydrogen-bond acceptors (Lipinski definition) is 4. The third-order valence-corrected chi connectivity index (χ3v) is 9.49. The molecule has 0 amide bonds. The lowest BCUT2D eigenvalue weighted by Gasteiger charge is -2.10. The number of benzene rings is 7. The SMILES string of the molecule is c1ccc(-c2ccc3c(c2)oc2cc4oc5cc(-c6cccc(-c7cc(-c8ccccc8)nc(-c8ccccc8)n7)c6)ccc5c4cc23)cc1. The molecule has 0 aliphatic heterocycles. The van der Waals surface area contributed by atoms with Gasteiger partial charge in [-0.15, -0.1) is 0 Å². The highest BCUT2D eigenvalue weighted by Gasteiger charge is 2.16. The highest BCUT2D eigenvalue weighted by Crippen LogP contribution is 2.39. The first kappa shape index (κ1) is 28.3. The second-order valence-electron chi connectivity index (χ2n) is 12.6. The highest BCUT2D eigenvalue weighted by molar-refractivity contribution is 6.15. The standard InChI is InChI=1S/C46H28N2O2/c1-4-11-29(12-5-1)33-19-21-36-38-26-39-37-22-20-34(25-43(37)50-45(39)28-44(38)49-42(36)24-33)32-17-10-18-35(23-32)41-27-40(30-13-6-2-7-14-30)47-46(48-41)31-15-8-3-9-16-31/h1-28H. The molecule has 50 heavy (non-hydrogen) atoms. The predicted molar refractivity (Wildman–Crippen MR) is 204 cm³/mol. The number of hydrogen-bond donors (Lipinski definition) is 0. The molecule has 3 heterocycles. The quantitative estimate of drug-likeness (QED) is 0.188. The summed E-state index contributed by atoms with van der Waals surface area (Å²) in [5.74, 6) is 0.700. The Morgan fingerprint density at radius 1 is 0.280 bits per heavy atom. The lowest BCUT2D eigenvalue weighted by Crippen LogP contribution is -1.96. The minimum Gasteiger partial charge on any atom is -0.456 e. The van der Waals surface area contributed by atoms with E-state index < -0.39 is 0 Å². The van der Waals surface area contributed by atoms with Gasteiger partial charge >= 0.3 is 0 Å². The van der Waals surface area contributed by atoms with Crippen molar-refractivity contribution in [2.24, 2.45) is 0 Å². The summed E-state index contributed by atoms with van der Waals surface area (Å²) in [6.45, 7) is 0. The van der Waals surface area contributed by atoms with E-state index in [1.165, 1.54) is 5.56 Å². The Kier molecular flexibility index (Phi) is 6.46.